The number of halogens is 3. The summed E-state index contributed by atoms with van der Waals surface area (Å²) in [7, 11) is 0. The van der Waals surface area contributed by atoms with Gasteiger partial charge >= 0.3 is 6.18 Å². The molecular weight excluding hydrogens is 287 g/mol. The minimum atomic E-state index is -4.53. The fourth-order valence-electron chi connectivity index (χ4n) is 2.46. The second kappa shape index (κ2) is 5.34. The Balaban J connectivity index is 2.36. The topological polar surface area (TPSA) is 71.6 Å². The Kier molecular flexibility index (Phi) is 4.03. The number of aliphatic hydroxyl groups excluding tert-OH is 1. The van der Waals surface area contributed by atoms with Gasteiger partial charge in [-0.1, -0.05) is 0 Å². The number of nitrogens with zero attached hydrogens (tertiary/aromatic N) is 2. The van der Waals surface area contributed by atoms with E-state index in [1.165, 1.54) is 0 Å². The fourth-order valence-corrected chi connectivity index (χ4v) is 2.46. The lowest BCUT2D eigenvalue weighted by molar-refractivity contribution is -0.141. The molecular formula is C13H18F3N3O2. The number of aliphatic hydroxyl groups is 1. The summed E-state index contributed by atoms with van der Waals surface area (Å²) in [6.45, 7) is 4.05. The number of alkyl halides is 3. The van der Waals surface area contributed by atoms with Crippen LogP contribution in [-0.2, 0) is 10.9 Å². The van der Waals surface area contributed by atoms with Crippen LogP contribution in [-0.4, -0.2) is 41.5 Å². The Hall–Kier alpha value is -1.54. The van der Waals surface area contributed by atoms with Crippen molar-refractivity contribution in [1.82, 2.24) is 4.98 Å². The molecule has 1 unspecified atom stereocenters. The molecule has 0 radical (unpaired) electrons. The van der Waals surface area contributed by atoms with E-state index in [-0.39, 0.29) is 24.5 Å². The Morgan fingerprint density at radius 1 is 1.52 bits per heavy atom. The average molecular weight is 305 g/mol. The van der Waals surface area contributed by atoms with Crippen LogP contribution in [0.1, 0.15) is 19.5 Å². The molecule has 3 N–H and O–H groups in total. The Morgan fingerprint density at radius 3 is 2.76 bits per heavy atom. The molecule has 118 valence electrons. The van der Waals surface area contributed by atoms with Gasteiger partial charge in [-0.15, -0.1) is 0 Å². The molecule has 1 atom stereocenters. The van der Waals surface area contributed by atoms with Crippen molar-refractivity contribution in [3.63, 3.8) is 0 Å². The van der Waals surface area contributed by atoms with Crippen molar-refractivity contribution in [2.45, 2.75) is 31.7 Å². The van der Waals surface area contributed by atoms with Crippen molar-refractivity contribution in [2.75, 3.05) is 30.3 Å². The van der Waals surface area contributed by atoms with Crippen LogP contribution in [0.4, 0.5) is 24.5 Å². The Labute approximate surface area is 120 Å². The second-order valence-electron chi connectivity index (χ2n) is 5.69. The third-order valence-electron chi connectivity index (χ3n) is 3.23. The first-order valence-corrected chi connectivity index (χ1v) is 6.49. The van der Waals surface area contributed by atoms with Crippen LogP contribution in [0.5, 0.6) is 0 Å². The molecule has 0 aliphatic carbocycles. The van der Waals surface area contributed by atoms with Crippen molar-refractivity contribution in [2.24, 2.45) is 0 Å². The highest BCUT2D eigenvalue weighted by Gasteiger charge is 2.36. The van der Waals surface area contributed by atoms with Crippen molar-refractivity contribution in [3.05, 3.63) is 18.0 Å². The lowest BCUT2D eigenvalue weighted by Gasteiger charge is -2.43. The minimum absolute atomic E-state index is 0.164. The highest BCUT2D eigenvalue weighted by molar-refractivity contribution is 5.67. The number of aromatic nitrogens is 1. The van der Waals surface area contributed by atoms with Gasteiger partial charge in [-0.25, -0.2) is 4.98 Å². The zero-order valence-electron chi connectivity index (χ0n) is 11.8. The first kappa shape index (κ1) is 15.8. The number of rotatable bonds is 2. The summed E-state index contributed by atoms with van der Waals surface area (Å²) in [5.74, 6) is 0. The number of hydrogen-bond donors (Lipinski definition) is 2. The van der Waals surface area contributed by atoms with Gasteiger partial charge in [-0.05, 0) is 19.9 Å². The number of pyridine rings is 1. The monoisotopic (exact) mass is 305 g/mol. The normalized spacial score (nSPS) is 22.4. The maximum atomic E-state index is 12.8. The van der Waals surface area contributed by atoms with Crippen LogP contribution in [0.15, 0.2) is 12.3 Å². The van der Waals surface area contributed by atoms with E-state index in [2.05, 4.69) is 4.98 Å². The molecule has 2 rings (SSSR count). The van der Waals surface area contributed by atoms with E-state index in [0.29, 0.717) is 6.54 Å². The van der Waals surface area contributed by atoms with Crippen molar-refractivity contribution >= 4 is 11.4 Å². The summed E-state index contributed by atoms with van der Waals surface area (Å²) >= 11 is 0. The maximum Gasteiger partial charge on any atom is 0.433 e. The van der Waals surface area contributed by atoms with Crippen molar-refractivity contribution < 1.29 is 23.0 Å². The van der Waals surface area contributed by atoms with Gasteiger partial charge in [0.1, 0.15) is 5.69 Å². The molecule has 0 aromatic carbocycles. The lowest BCUT2D eigenvalue weighted by atomic mass is 10.0. The van der Waals surface area contributed by atoms with Crippen LogP contribution < -0.4 is 10.6 Å². The quantitative estimate of drug-likeness (QED) is 0.869. The number of morpholine rings is 1. The Morgan fingerprint density at radius 2 is 2.19 bits per heavy atom. The number of ether oxygens (including phenoxy) is 1. The summed E-state index contributed by atoms with van der Waals surface area (Å²) < 4.78 is 44.0. The van der Waals surface area contributed by atoms with Gasteiger partial charge < -0.3 is 20.5 Å². The molecule has 0 amide bonds. The van der Waals surface area contributed by atoms with Crippen LogP contribution in [0.3, 0.4) is 0 Å². The van der Waals surface area contributed by atoms with E-state index in [1.807, 2.05) is 13.8 Å². The van der Waals surface area contributed by atoms with Crippen LogP contribution in [0.2, 0.25) is 0 Å². The summed E-state index contributed by atoms with van der Waals surface area (Å²) in [4.78, 5) is 5.01. The molecule has 21 heavy (non-hydrogen) atoms. The fraction of sp³-hybridized carbons (Fsp3) is 0.615. The van der Waals surface area contributed by atoms with Crippen LogP contribution in [0.25, 0.3) is 0 Å². The maximum absolute atomic E-state index is 12.8. The van der Waals surface area contributed by atoms with E-state index >= 15 is 0 Å². The minimum Gasteiger partial charge on any atom is -0.396 e. The second-order valence-corrected chi connectivity index (χ2v) is 5.69. The molecule has 8 heteroatoms. The molecule has 1 saturated heterocycles. The summed E-state index contributed by atoms with van der Waals surface area (Å²) in [6, 6.07) is 0.936. The van der Waals surface area contributed by atoms with E-state index in [4.69, 9.17) is 10.5 Å². The van der Waals surface area contributed by atoms with Gasteiger partial charge in [0, 0.05) is 13.1 Å². The highest BCUT2D eigenvalue weighted by Crippen LogP contribution is 2.34. The first-order valence-electron chi connectivity index (χ1n) is 6.49. The molecule has 0 spiro atoms. The molecule has 1 fully saturated rings. The number of hydrogen-bond acceptors (Lipinski definition) is 5. The zero-order valence-corrected chi connectivity index (χ0v) is 11.8. The third-order valence-corrected chi connectivity index (χ3v) is 3.23. The molecule has 2 heterocycles. The lowest BCUT2D eigenvalue weighted by Crippen LogP contribution is -2.54. The molecule has 1 aromatic rings. The summed E-state index contributed by atoms with van der Waals surface area (Å²) in [6.07, 6.45) is -3.99. The SMILES string of the molecule is CC1(C)CN(c2cc(C(F)(F)F)ncc2N)CC(CO)O1. The van der Waals surface area contributed by atoms with Crippen LogP contribution in [0, 0.1) is 0 Å². The standard InChI is InChI=1S/C13H18F3N3O2/c1-12(2)7-19(5-8(6-20)21-12)10-3-11(13(14,15)16)18-4-9(10)17/h3-4,8,20H,5-7,17H2,1-2H3. The largest absolute Gasteiger partial charge is 0.433 e. The molecule has 0 saturated carbocycles. The Bertz CT molecular complexity index is 520. The zero-order chi connectivity index (χ0) is 15.8. The van der Waals surface area contributed by atoms with Gasteiger partial charge in [0.05, 0.1) is 35.9 Å². The smallest absolute Gasteiger partial charge is 0.396 e. The van der Waals surface area contributed by atoms with E-state index in [1.54, 1.807) is 4.90 Å². The van der Waals surface area contributed by atoms with Gasteiger partial charge in [0.2, 0.25) is 0 Å². The molecule has 5 nitrogen and oxygen atoms in total. The van der Waals surface area contributed by atoms with Crippen molar-refractivity contribution in [1.29, 1.82) is 0 Å². The predicted octanol–water partition coefficient (Wildman–Crippen LogP) is 1.66. The molecule has 1 aromatic heterocycles. The van der Waals surface area contributed by atoms with Gasteiger partial charge in [0.25, 0.3) is 0 Å². The van der Waals surface area contributed by atoms with E-state index in [0.717, 1.165) is 12.3 Å². The van der Waals surface area contributed by atoms with Crippen LogP contribution >= 0.6 is 0 Å². The highest BCUT2D eigenvalue weighted by atomic mass is 19.4. The average Bonchev–Trinajstić information content (AvgIpc) is 2.35. The summed E-state index contributed by atoms with van der Waals surface area (Å²) in [5.41, 5.74) is 4.60. The molecule has 1 aliphatic rings. The number of anilines is 2. The molecule has 0 bridgehead atoms. The van der Waals surface area contributed by atoms with Gasteiger partial charge in [-0.3, -0.25) is 0 Å². The predicted molar refractivity (Wildman–Crippen MR) is 71.9 cm³/mol. The van der Waals surface area contributed by atoms with E-state index < -0.39 is 23.6 Å². The number of nitrogen functional groups attached to an aromatic ring is 1. The number of nitrogens with two attached hydrogens (primary N) is 1. The van der Waals surface area contributed by atoms with Gasteiger partial charge in [-0.2, -0.15) is 13.2 Å². The van der Waals surface area contributed by atoms with Crippen molar-refractivity contribution in [3.8, 4) is 0 Å². The third kappa shape index (κ3) is 3.56. The summed E-state index contributed by atoms with van der Waals surface area (Å²) in [5, 5.41) is 9.27. The molecule has 1 aliphatic heterocycles. The van der Waals surface area contributed by atoms with Gasteiger partial charge in [0.15, 0.2) is 0 Å². The first-order chi connectivity index (χ1) is 9.62. The van der Waals surface area contributed by atoms with E-state index in [9.17, 15) is 18.3 Å².